The molecule has 1 aromatic rings. The minimum Gasteiger partial charge on any atom is -0.388 e. The summed E-state index contributed by atoms with van der Waals surface area (Å²) in [5, 5.41) is 18.5. The molecule has 1 saturated carbocycles. The average molecular weight is 187 g/mol. The highest BCUT2D eigenvalue weighted by molar-refractivity contribution is 5.33. The number of nitriles is 1. The number of benzene rings is 1. The molecular formula is C12H13NO. The molecule has 1 fully saturated rings. The van der Waals surface area contributed by atoms with E-state index in [2.05, 4.69) is 6.07 Å². The highest BCUT2D eigenvalue weighted by Crippen LogP contribution is 2.37. The minimum atomic E-state index is -0.393. The fourth-order valence-electron chi connectivity index (χ4n) is 1.62. The van der Waals surface area contributed by atoms with E-state index in [1.165, 1.54) is 12.8 Å². The molecular weight excluding hydrogens is 174 g/mol. The van der Waals surface area contributed by atoms with Crippen molar-refractivity contribution in [2.24, 2.45) is 5.92 Å². The van der Waals surface area contributed by atoms with Crippen LogP contribution in [0.5, 0.6) is 0 Å². The highest BCUT2D eigenvalue weighted by atomic mass is 16.3. The summed E-state index contributed by atoms with van der Waals surface area (Å²) in [6, 6.07) is 9.31. The van der Waals surface area contributed by atoms with Crippen LogP contribution in [0.15, 0.2) is 24.3 Å². The van der Waals surface area contributed by atoms with Gasteiger partial charge in [0.25, 0.3) is 0 Å². The van der Waals surface area contributed by atoms with Crippen LogP contribution in [0.25, 0.3) is 0 Å². The van der Waals surface area contributed by atoms with Gasteiger partial charge in [0.1, 0.15) is 0 Å². The van der Waals surface area contributed by atoms with Gasteiger partial charge in [0, 0.05) is 0 Å². The SMILES string of the molecule is N#Cc1cccc(C(O)CC2CC2)c1. The molecule has 0 radical (unpaired) electrons. The topological polar surface area (TPSA) is 44.0 Å². The second kappa shape index (κ2) is 3.81. The summed E-state index contributed by atoms with van der Waals surface area (Å²) in [4.78, 5) is 0. The number of hydrogen-bond donors (Lipinski definition) is 1. The van der Waals surface area contributed by atoms with E-state index in [9.17, 15) is 5.11 Å². The second-order valence-electron chi connectivity index (χ2n) is 3.93. The fourth-order valence-corrected chi connectivity index (χ4v) is 1.62. The van der Waals surface area contributed by atoms with Crippen molar-refractivity contribution >= 4 is 0 Å². The zero-order chi connectivity index (χ0) is 9.97. The van der Waals surface area contributed by atoms with Gasteiger partial charge in [0.05, 0.1) is 17.7 Å². The molecule has 1 aromatic carbocycles. The van der Waals surface area contributed by atoms with Gasteiger partial charge in [0.2, 0.25) is 0 Å². The van der Waals surface area contributed by atoms with Crippen LogP contribution in [0.4, 0.5) is 0 Å². The third kappa shape index (κ3) is 2.12. The third-order valence-electron chi connectivity index (χ3n) is 2.65. The zero-order valence-electron chi connectivity index (χ0n) is 7.98. The molecule has 14 heavy (non-hydrogen) atoms. The Morgan fingerprint density at radius 2 is 2.29 bits per heavy atom. The predicted octanol–water partition coefficient (Wildman–Crippen LogP) is 2.39. The van der Waals surface area contributed by atoms with Crippen molar-refractivity contribution in [1.29, 1.82) is 5.26 Å². The van der Waals surface area contributed by atoms with E-state index >= 15 is 0 Å². The van der Waals surface area contributed by atoms with Gasteiger partial charge >= 0.3 is 0 Å². The van der Waals surface area contributed by atoms with Gasteiger partial charge in [-0.25, -0.2) is 0 Å². The Morgan fingerprint density at radius 3 is 2.93 bits per heavy atom. The van der Waals surface area contributed by atoms with Gasteiger partial charge in [-0.15, -0.1) is 0 Å². The van der Waals surface area contributed by atoms with Crippen molar-refractivity contribution in [3.8, 4) is 6.07 Å². The van der Waals surface area contributed by atoms with Crippen LogP contribution in [-0.2, 0) is 0 Å². The Bertz CT molecular complexity index is 363. The number of aliphatic hydroxyl groups excluding tert-OH is 1. The molecule has 0 saturated heterocycles. The maximum Gasteiger partial charge on any atom is 0.0991 e. The number of rotatable bonds is 3. The van der Waals surface area contributed by atoms with Crippen molar-refractivity contribution < 1.29 is 5.11 Å². The van der Waals surface area contributed by atoms with Gasteiger partial charge in [-0.3, -0.25) is 0 Å². The molecule has 1 N–H and O–H groups in total. The first-order valence-electron chi connectivity index (χ1n) is 4.97. The Labute approximate surface area is 83.8 Å². The van der Waals surface area contributed by atoms with Crippen LogP contribution in [-0.4, -0.2) is 5.11 Å². The standard InChI is InChI=1S/C12H13NO/c13-8-10-2-1-3-11(6-10)12(14)7-9-4-5-9/h1-3,6,9,12,14H,4-5,7H2. The van der Waals surface area contributed by atoms with E-state index in [0.29, 0.717) is 11.5 Å². The van der Waals surface area contributed by atoms with Crippen molar-refractivity contribution in [3.05, 3.63) is 35.4 Å². The molecule has 0 spiro atoms. The van der Waals surface area contributed by atoms with Gasteiger partial charge in [-0.1, -0.05) is 25.0 Å². The maximum atomic E-state index is 9.84. The molecule has 1 aliphatic rings. The summed E-state index contributed by atoms with van der Waals surface area (Å²) >= 11 is 0. The summed E-state index contributed by atoms with van der Waals surface area (Å²) in [5.41, 5.74) is 1.49. The first-order chi connectivity index (χ1) is 6.79. The normalized spacial score (nSPS) is 17.4. The Balaban J connectivity index is 2.09. The molecule has 0 amide bonds. The van der Waals surface area contributed by atoms with Crippen LogP contribution in [0.1, 0.15) is 36.5 Å². The largest absolute Gasteiger partial charge is 0.388 e. The zero-order valence-corrected chi connectivity index (χ0v) is 7.98. The minimum absolute atomic E-state index is 0.393. The Kier molecular flexibility index (Phi) is 2.51. The monoisotopic (exact) mass is 187 g/mol. The van der Waals surface area contributed by atoms with Crippen molar-refractivity contribution in [3.63, 3.8) is 0 Å². The molecule has 0 bridgehead atoms. The van der Waals surface area contributed by atoms with Crippen LogP contribution in [0.3, 0.4) is 0 Å². The molecule has 1 atom stereocenters. The lowest BCUT2D eigenvalue weighted by Crippen LogP contribution is -1.98. The summed E-state index contributed by atoms with van der Waals surface area (Å²) < 4.78 is 0. The maximum absolute atomic E-state index is 9.84. The molecule has 72 valence electrons. The lowest BCUT2D eigenvalue weighted by molar-refractivity contribution is 0.160. The van der Waals surface area contributed by atoms with Crippen LogP contribution >= 0.6 is 0 Å². The molecule has 0 aliphatic heterocycles. The van der Waals surface area contributed by atoms with E-state index in [0.717, 1.165) is 12.0 Å². The Morgan fingerprint density at radius 1 is 1.50 bits per heavy atom. The molecule has 1 unspecified atom stereocenters. The molecule has 2 rings (SSSR count). The van der Waals surface area contributed by atoms with Gasteiger partial charge < -0.3 is 5.11 Å². The number of hydrogen-bond acceptors (Lipinski definition) is 2. The highest BCUT2D eigenvalue weighted by Gasteiger charge is 2.25. The van der Waals surface area contributed by atoms with Gasteiger partial charge in [-0.2, -0.15) is 5.26 Å². The molecule has 2 nitrogen and oxygen atoms in total. The van der Waals surface area contributed by atoms with Crippen LogP contribution in [0.2, 0.25) is 0 Å². The predicted molar refractivity (Wildman–Crippen MR) is 53.5 cm³/mol. The van der Waals surface area contributed by atoms with Gasteiger partial charge in [-0.05, 0) is 30.0 Å². The summed E-state index contributed by atoms with van der Waals surface area (Å²) in [5.74, 6) is 0.704. The second-order valence-corrected chi connectivity index (χ2v) is 3.93. The third-order valence-corrected chi connectivity index (χ3v) is 2.65. The first kappa shape index (κ1) is 9.23. The van der Waals surface area contributed by atoms with Crippen molar-refractivity contribution in [2.45, 2.75) is 25.4 Å². The average Bonchev–Trinajstić information content (AvgIpc) is 3.02. The van der Waals surface area contributed by atoms with E-state index in [1.54, 1.807) is 12.1 Å². The number of nitrogens with zero attached hydrogens (tertiary/aromatic N) is 1. The van der Waals surface area contributed by atoms with Crippen LogP contribution < -0.4 is 0 Å². The summed E-state index contributed by atoms with van der Waals surface area (Å²) in [7, 11) is 0. The van der Waals surface area contributed by atoms with Crippen molar-refractivity contribution in [1.82, 2.24) is 0 Å². The molecule has 0 heterocycles. The fraction of sp³-hybridized carbons (Fsp3) is 0.417. The van der Waals surface area contributed by atoms with Gasteiger partial charge in [0.15, 0.2) is 0 Å². The van der Waals surface area contributed by atoms with Crippen LogP contribution in [0, 0.1) is 17.2 Å². The van der Waals surface area contributed by atoms with E-state index in [-0.39, 0.29) is 0 Å². The van der Waals surface area contributed by atoms with E-state index < -0.39 is 6.10 Å². The number of aliphatic hydroxyl groups is 1. The molecule has 2 heteroatoms. The lowest BCUT2D eigenvalue weighted by atomic mass is 10.0. The molecule has 1 aliphatic carbocycles. The summed E-state index contributed by atoms with van der Waals surface area (Å²) in [6.07, 6.45) is 2.94. The lowest BCUT2D eigenvalue weighted by Gasteiger charge is -2.09. The van der Waals surface area contributed by atoms with E-state index in [1.807, 2.05) is 12.1 Å². The van der Waals surface area contributed by atoms with Crippen molar-refractivity contribution in [2.75, 3.05) is 0 Å². The molecule has 0 aromatic heterocycles. The quantitative estimate of drug-likeness (QED) is 0.789. The Hall–Kier alpha value is -1.33. The van der Waals surface area contributed by atoms with E-state index in [4.69, 9.17) is 5.26 Å². The summed E-state index contributed by atoms with van der Waals surface area (Å²) in [6.45, 7) is 0. The smallest absolute Gasteiger partial charge is 0.0991 e. The first-order valence-corrected chi connectivity index (χ1v) is 4.97.